The molecule has 7 aromatic heterocycles. The molecule has 0 atom stereocenters. The molecule has 33 nitrogen and oxygen atoms in total. The van der Waals surface area contributed by atoms with E-state index < -0.39 is 0 Å². The predicted molar refractivity (Wildman–Crippen MR) is 388 cm³/mol. The molecular formula is C51H81N33S9. The van der Waals surface area contributed by atoms with Crippen LogP contribution in [0.4, 0.5) is 71.4 Å². The molecule has 93 heavy (non-hydrogen) atoms. The SMILES string of the molecule is CCSc1nc(NCCNc2nc(NCCNc3nc(NCCNc4nc(SCC)nc(SCC)n4)nc(SCC)n3)nc(NCCNc3nc(NCCNc4nc(SCC)nc(SCC)n4)nc(SCC)n3)n2)nc(NCCNc2nc(SCC)nc(SCC)n2)n1. The smallest absolute Gasteiger partial charge is 0.229 e. The number of thioether (sulfide) groups is 9. The van der Waals surface area contributed by atoms with E-state index in [1.165, 1.54) is 35.3 Å². The number of nitrogens with one attached hydrogen (secondary N) is 12. The van der Waals surface area contributed by atoms with Gasteiger partial charge in [-0.1, -0.05) is 168 Å². The lowest BCUT2D eigenvalue weighted by Crippen LogP contribution is -2.22. The minimum absolute atomic E-state index is 0.337. The zero-order chi connectivity index (χ0) is 65.7. The first kappa shape index (κ1) is 74.2. The largest absolute Gasteiger partial charge is 0.352 e. The summed E-state index contributed by atoms with van der Waals surface area (Å²) < 4.78 is 0. The second-order valence-electron chi connectivity index (χ2n) is 17.8. The van der Waals surface area contributed by atoms with Crippen LogP contribution >= 0.6 is 106 Å². The Hall–Kier alpha value is -6.18. The van der Waals surface area contributed by atoms with Gasteiger partial charge in [0.2, 0.25) is 71.4 Å². The van der Waals surface area contributed by atoms with Gasteiger partial charge in [0.05, 0.1) is 0 Å². The third-order valence-electron chi connectivity index (χ3n) is 10.9. The van der Waals surface area contributed by atoms with Gasteiger partial charge >= 0.3 is 0 Å². The first-order chi connectivity index (χ1) is 45.6. The van der Waals surface area contributed by atoms with Gasteiger partial charge in [0, 0.05) is 78.5 Å². The van der Waals surface area contributed by atoms with Gasteiger partial charge in [0.15, 0.2) is 46.4 Å². The monoisotopic (exact) mass is 1440 g/mol. The Morgan fingerprint density at radius 2 is 0.247 bits per heavy atom. The molecule has 12 N–H and O–H groups in total. The van der Waals surface area contributed by atoms with Gasteiger partial charge in [0.1, 0.15) is 0 Å². The Morgan fingerprint density at radius 1 is 0.151 bits per heavy atom. The maximum atomic E-state index is 4.74. The Kier molecular flexibility index (Phi) is 34.3. The van der Waals surface area contributed by atoms with Gasteiger partial charge in [-0.15, -0.1) is 0 Å². The third kappa shape index (κ3) is 28.0. The van der Waals surface area contributed by atoms with E-state index >= 15 is 0 Å². The third-order valence-corrected chi connectivity index (χ3v) is 17.4. The van der Waals surface area contributed by atoms with Crippen molar-refractivity contribution < 1.29 is 0 Å². The van der Waals surface area contributed by atoms with Gasteiger partial charge in [-0.3, -0.25) is 0 Å². The van der Waals surface area contributed by atoms with Crippen LogP contribution in [0.1, 0.15) is 62.3 Å². The lowest BCUT2D eigenvalue weighted by atomic mass is 10.5. The van der Waals surface area contributed by atoms with Crippen LogP contribution in [0.25, 0.3) is 0 Å². The lowest BCUT2D eigenvalue weighted by Gasteiger charge is -2.13. The average molecular weight is 1450 g/mol. The van der Waals surface area contributed by atoms with Crippen LogP contribution in [0, 0.1) is 0 Å². The van der Waals surface area contributed by atoms with Gasteiger partial charge in [0.25, 0.3) is 0 Å². The molecule has 0 saturated carbocycles. The Morgan fingerprint density at radius 3 is 0.366 bits per heavy atom. The highest BCUT2D eigenvalue weighted by Crippen LogP contribution is 2.24. The quantitative estimate of drug-likeness (QED) is 0.0126. The van der Waals surface area contributed by atoms with E-state index in [4.69, 9.17) is 15.0 Å². The molecule has 0 bridgehead atoms. The maximum Gasteiger partial charge on any atom is 0.229 e. The first-order valence-corrected chi connectivity index (χ1v) is 39.3. The van der Waals surface area contributed by atoms with E-state index in [0.717, 1.165) is 51.8 Å². The normalized spacial score (nSPS) is 11.1. The highest BCUT2D eigenvalue weighted by molar-refractivity contribution is 8.01. The van der Waals surface area contributed by atoms with E-state index in [1.807, 2.05) is 0 Å². The zero-order valence-electron chi connectivity index (χ0n) is 53.4. The van der Waals surface area contributed by atoms with Crippen molar-refractivity contribution >= 4 is 177 Å². The summed E-state index contributed by atoms with van der Waals surface area (Å²) in [6.45, 7) is 24.2. The highest BCUT2D eigenvalue weighted by Gasteiger charge is 2.15. The van der Waals surface area contributed by atoms with Gasteiger partial charge in [-0.25, -0.2) is 0 Å². The van der Waals surface area contributed by atoms with Gasteiger partial charge in [-0.2, -0.15) is 105 Å². The van der Waals surface area contributed by atoms with Crippen molar-refractivity contribution in [1.82, 2.24) is 105 Å². The van der Waals surface area contributed by atoms with Crippen molar-refractivity contribution in [3.63, 3.8) is 0 Å². The fourth-order valence-corrected chi connectivity index (χ4v) is 12.5. The Bertz CT molecular complexity index is 2910. The van der Waals surface area contributed by atoms with Crippen LogP contribution in [-0.2, 0) is 0 Å². The van der Waals surface area contributed by atoms with Crippen molar-refractivity contribution in [2.24, 2.45) is 0 Å². The lowest BCUT2D eigenvalue weighted by molar-refractivity contribution is 0.800. The maximum absolute atomic E-state index is 4.74. The molecule has 0 aliphatic rings. The summed E-state index contributed by atoms with van der Waals surface area (Å²) in [5.41, 5.74) is 0. The summed E-state index contributed by atoms with van der Waals surface area (Å²) in [4.78, 5) is 97.2. The number of rotatable bonds is 48. The van der Waals surface area contributed by atoms with Crippen LogP contribution < -0.4 is 63.8 Å². The summed E-state index contributed by atoms with van der Waals surface area (Å²) in [7, 11) is 0. The van der Waals surface area contributed by atoms with Crippen LogP contribution in [-0.4, -0.2) is 235 Å². The number of hydrogen-bond acceptors (Lipinski definition) is 42. The van der Waals surface area contributed by atoms with Crippen LogP contribution in [0.15, 0.2) is 46.4 Å². The molecule has 7 aromatic rings. The fraction of sp³-hybridized carbons (Fsp3) is 0.588. The standard InChI is InChI=1S/C51H81N33S9/c1-10-85-43-70-34(67-37(73-43)58-25-28-61-40-76-46(88-13-4)82-47(77-40)89-14-5)55-22-19-52-31-64-32(53-20-23-56-35-68-38(74-44(71-35)86-11-2)59-26-29-62-41-78-48(90-15-6)83-49(79-41)91-16-7)66-33(65-31)54-21-24-57-36-69-39(75-45(72-36)87-12-3)60-27-30-63-42-80-50(92-17-8)84-51(81-42)93-18-9/h10-30H2,1-9H3,(H,61,76,77,82)(H,62,78,79,83)(H,63,80,81,84)(H2,55,58,67,70,73)(H2,56,59,68,71,74)(H2,57,60,69,72,75)(H3,52,53,54,64,65,66). The molecule has 504 valence electrons. The minimum Gasteiger partial charge on any atom is -0.352 e. The molecule has 0 spiro atoms. The van der Waals surface area contributed by atoms with Crippen LogP contribution in [0.2, 0.25) is 0 Å². The molecule has 0 radical (unpaired) electrons. The fourth-order valence-electron chi connectivity index (χ4n) is 7.24. The second-order valence-corrected chi connectivity index (χ2v) is 28.9. The number of hydrogen-bond donors (Lipinski definition) is 12. The average Bonchev–Trinajstić information content (AvgIpc) is 2.79. The molecule has 7 rings (SSSR count). The summed E-state index contributed by atoms with van der Waals surface area (Å²) in [6.07, 6.45) is 0. The Balaban J connectivity index is 0.969. The summed E-state index contributed by atoms with van der Waals surface area (Å²) >= 11 is 14.1. The molecule has 0 aromatic carbocycles. The van der Waals surface area contributed by atoms with Gasteiger partial charge in [-0.05, 0) is 51.8 Å². The first-order valence-electron chi connectivity index (χ1n) is 30.4. The topological polar surface area (TPSA) is 415 Å². The van der Waals surface area contributed by atoms with E-state index in [0.29, 0.717) is 196 Å². The molecule has 0 amide bonds. The highest BCUT2D eigenvalue weighted by atomic mass is 32.2. The summed E-state index contributed by atoms with van der Waals surface area (Å²) in [6, 6.07) is 0. The molecule has 42 heteroatoms. The van der Waals surface area contributed by atoms with Crippen molar-refractivity contribution in [3.05, 3.63) is 0 Å². The minimum atomic E-state index is 0.337. The molecule has 7 heterocycles. The molecule has 0 unspecified atom stereocenters. The van der Waals surface area contributed by atoms with Crippen LogP contribution in [0.5, 0.6) is 0 Å². The van der Waals surface area contributed by atoms with Crippen molar-refractivity contribution in [2.45, 2.75) is 109 Å². The number of anilines is 12. The van der Waals surface area contributed by atoms with E-state index in [2.05, 4.69) is 216 Å². The van der Waals surface area contributed by atoms with Crippen molar-refractivity contribution in [3.8, 4) is 0 Å². The molecule has 0 saturated heterocycles. The second kappa shape index (κ2) is 43.0. The molecule has 0 aliphatic heterocycles. The molecule has 0 aliphatic carbocycles. The summed E-state index contributed by atoms with van der Waals surface area (Å²) in [5, 5.41) is 45.9. The van der Waals surface area contributed by atoms with Crippen LogP contribution in [0.3, 0.4) is 0 Å². The van der Waals surface area contributed by atoms with Gasteiger partial charge < -0.3 is 63.8 Å². The van der Waals surface area contributed by atoms with Crippen molar-refractivity contribution in [1.29, 1.82) is 0 Å². The summed E-state index contributed by atoms with van der Waals surface area (Å²) in [5.74, 6) is 12.7. The van der Waals surface area contributed by atoms with E-state index in [9.17, 15) is 0 Å². The molecular weight excluding hydrogens is 1360 g/mol. The van der Waals surface area contributed by atoms with E-state index in [1.54, 1.807) is 70.6 Å². The van der Waals surface area contributed by atoms with E-state index in [-0.39, 0.29) is 0 Å². The number of nitrogens with zero attached hydrogens (tertiary/aromatic N) is 21. The predicted octanol–water partition coefficient (Wildman–Crippen LogP) is 8.13. The van der Waals surface area contributed by atoms with Crippen molar-refractivity contribution in [2.75, 3.05) is 194 Å². The Labute approximate surface area is 580 Å². The number of aromatic nitrogens is 21. The zero-order valence-corrected chi connectivity index (χ0v) is 60.8. The molecule has 0 fully saturated rings.